The van der Waals surface area contributed by atoms with E-state index < -0.39 is 0 Å². The highest BCUT2D eigenvalue weighted by molar-refractivity contribution is 4.67. The number of rotatable bonds is 6. The molecule has 1 unspecified atom stereocenters. The van der Waals surface area contributed by atoms with Gasteiger partial charge >= 0.3 is 0 Å². The quantitative estimate of drug-likeness (QED) is 0.507. The van der Waals surface area contributed by atoms with Crippen molar-refractivity contribution in [1.82, 2.24) is 0 Å². The van der Waals surface area contributed by atoms with Gasteiger partial charge in [0.15, 0.2) is 0 Å². The molecule has 11 heavy (non-hydrogen) atoms. The SMILES string of the molecule is CC[CH]CCC(CC)C(C)C. The van der Waals surface area contributed by atoms with E-state index in [2.05, 4.69) is 34.1 Å². The van der Waals surface area contributed by atoms with Gasteiger partial charge in [-0.15, -0.1) is 0 Å². The van der Waals surface area contributed by atoms with Gasteiger partial charge in [-0.05, 0) is 31.1 Å². The third kappa shape index (κ3) is 5.29. The molecule has 0 saturated carbocycles. The predicted octanol–water partition coefficient (Wildman–Crippen LogP) is 4.06. The normalized spacial score (nSPS) is 13.9. The summed E-state index contributed by atoms with van der Waals surface area (Å²) in [7, 11) is 0. The van der Waals surface area contributed by atoms with Crippen LogP contribution in [-0.2, 0) is 0 Å². The Hall–Kier alpha value is 0. The van der Waals surface area contributed by atoms with Crippen molar-refractivity contribution in [2.75, 3.05) is 0 Å². The molecule has 0 bridgehead atoms. The zero-order valence-electron chi connectivity index (χ0n) is 8.56. The largest absolute Gasteiger partial charge is 0.0651 e. The van der Waals surface area contributed by atoms with Gasteiger partial charge in [-0.2, -0.15) is 0 Å². The zero-order chi connectivity index (χ0) is 8.69. The van der Waals surface area contributed by atoms with Crippen LogP contribution in [0.1, 0.15) is 53.4 Å². The van der Waals surface area contributed by atoms with Crippen molar-refractivity contribution in [2.45, 2.75) is 53.4 Å². The summed E-state index contributed by atoms with van der Waals surface area (Å²) in [5, 5.41) is 0. The Labute approximate surface area is 72.4 Å². The lowest BCUT2D eigenvalue weighted by molar-refractivity contribution is 0.347. The molecule has 0 N–H and O–H groups in total. The van der Waals surface area contributed by atoms with Gasteiger partial charge in [0, 0.05) is 0 Å². The molecule has 0 aliphatic heterocycles. The fourth-order valence-corrected chi connectivity index (χ4v) is 1.54. The second-order valence-electron chi connectivity index (χ2n) is 3.69. The molecule has 0 fully saturated rings. The van der Waals surface area contributed by atoms with Crippen LogP contribution >= 0.6 is 0 Å². The Morgan fingerprint density at radius 3 is 2.18 bits per heavy atom. The summed E-state index contributed by atoms with van der Waals surface area (Å²) in [5.41, 5.74) is 0. The van der Waals surface area contributed by atoms with Crippen LogP contribution in [0.15, 0.2) is 0 Å². The molecule has 0 aromatic carbocycles. The van der Waals surface area contributed by atoms with Crippen LogP contribution in [0.4, 0.5) is 0 Å². The van der Waals surface area contributed by atoms with Crippen LogP contribution in [0.5, 0.6) is 0 Å². The predicted molar refractivity (Wildman–Crippen MR) is 52.4 cm³/mol. The third-order valence-corrected chi connectivity index (χ3v) is 2.50. The summed E-state index contributed by atoms with van der Waals surface area (Å²) >= 11 is 0. The van der Waals surface area contributed by atoms with Crippen LogP contribution in [0.2, 0.25) is 0 Å². The van der Waals surface area contributed by atoms with Crippen molar-refractivity contribution in [3.63, 3.8) is 0 Å². The van der Waals surface area contributed by atoms with Gasteiger partial charge in [-0.3, -0.25) is 0 Å². The van der Waals surface area contributed by atoms with E-state index in [1.54, 1.807) is 0 Å². The summed E-state index contributed by atoms with van der Waals surface area (Å²) < 4.78 is 0. The molecule has 0 aromatic heterocycles. The molecule has 0 amide bonds. The van der Waals surface area contributed by atoms with Gasteiger partial charge in [0.2, 0.25) is 0 Å². The molecule has 0 spiro atoms. The molecule has 67 valence electrons. The Kier molecular flexibility index (Phi) is 6.69. The summed E-state index contributed by atoms with van der Waals surface area (Å²) in [5.74, 6) is 1.81. The van der Waals surface area contributed by atoms with E-state index in [1.807, 2.05) is 0 Å². The lowest BCUT2D eigenvalue weighted by Crippen LogP contribution is -2.06. The number of hydrogen-bond acceptors (Lipinski definition) is 0. The maximum absolute atomic E-state index is 2.39. The highest BCUT2D eigenvalue weighted by Gasteiger charge is 2.09. The van der Waals surface area contributed by atoms with Crippen LogP contribution in [0.3, 0.4) is 0 Å². The molecule has 0 aliphatic rings. The summed E-state index contributed by atoms with van der Waals surface area (Å²) in [6, 6.07) is 0. The van der Waals surface area contributed by atoms with E-state index in [1.165, 1.54) is 25.7 Å². The van der Waals surface area contributed by atoms with Crippen molar-refractivity contribution in [3.8, 4) is 0 Å². The Morgan fingerprint density at radius 1 is 1.18 bits per heavy atom. The first-order valence-electron chi connectivity index (χ1n) is 5.04. The molecule has 0 aliphatic carbocycles. The van der Waals surface area contributed by atoms with Gasteiger partial charge < -0.3 is 0 Å². The average molecular weight is 155 g/mol. The first-order chi connectivity index (χ1) is 5.22. The van der Waals surface area contributed by atoms with E-state index in [4.69, 9.17) is 0 Å². The Balaban J connectivity index is 3.36. The maximum Gasteiger partial charge on any atom is -0.0388 e. The highest BCUT2D eigenvalue weighted by atomic mass is 14.1. The van der Waals surface area contributed by atoms with Crippen LogP contribution in [-0.4, -0.2) is 0 Å². The summed E-state index contributed by atoms with van der Waals surface area (Å²) in [6.45, 7) is 9.19. The molecule has 0 saturated heterocycles. The molecule has 0 rings (SSSR count). The Morgan fingerprint density at radius 2 is 1.82 bits per heavy atom. The first-order valence-corrected chi connectivity index (χ1v) is 5.04. The van der Waals surface area contributed by atoms with Gasteiger partial charge in [0.05, 0.1) is 0 Å². The molecule has 0 heterocycles. The average Bonchev–Trinajstić information content (AvgIpc) is 1.97. The van der Waals surface area contributed by atoms with Crippen molar-refractivity contribution in [3.05, 3.63) is 6.42 Å². The van der Waals surface area contributed by atoms with E-state index in [-0.39, 0.29) is 0 Å². The molecular formula is C11H23. The highest BCUT2D eigenvalue weighted by Crippen LogP contribution is 2.21. The van der Waals surface area contributed by atoms with Crippen molar-refractivity contribution in [1.29, 1.82) is 0 Å². The zero-order valence-corrected chi connectivity index (χ0v) is 8.56. The minimum atomic E-state index is 0.866. The molecule has 0 heteroatoms. The van der Waals surface area contributed by atoms with Gasteiger partial charge in [-0.25, -0.2) is 0 Å². The van der Waals surface area contributed by atoms with E-state index in [9.17, 15) is 0 Å². The van der Waals surface area contributed by atoms with Gasteiger partial charge in [-0.1, -0.05) is 40.5 Å². The fraction of sp³-hybridized carbons (Fsp3) is 0.909. The fourth-order valence-electron chi connectivity index (χ4n) is 1.54. The topological polar surface area (TPSA) is 0 Å². The van der Waals surface area contributed by atoms with Gasteiger partial charge in [0.25, 0.3) is 0 Å². The van der Waals surface area contributed by atoms with Crippen LogP contribution in [0.25, 0.3) is 0 Å². The summed E-state index contributed by atoms with van der Waals surface area (Å²) in [6.07, 6.45) is 7.67. The molecule has 1 radical (unpaired) electrons. The maximum atomic E-state index is 2.39. The second-order valence-corrected chi connectivity index (χ2v) is 3.69. The molecular weight excluding hydrogens is 132 g/mol. The lowest BCUT2D eigenvalue weighted by atomic mass is 9.88. The van der Waals surface area contributed by atoms with Crippen molar-refractivity contribution in [2.24, 2.45) is 11.8 Å². The van der Waals surface area contributed by atoms with Crippen molar-refractivity contribution >= 4 is 0 Å². The molecule has 1 atom stereocenters. The van der Waals surface area contributed by atoms with Crippen molar-refractivity contribution < 1.29 is 0 Å². The van der Waals surface area contributed by atoms with Crippen LogP contribution in [0, 0.1) is 18.3 Å². The third-order valence-electron chi connectivity index (χ3n) is 2.50. The summed E-state index contributed by atoms with van der Waals surface area (Å²) in [4.78, 5) is 0. The minimum absolute atomic E-state index is 0.866. The standard InChI is InChI=1S/C11H23/c1-5-7-8-9-11(6-2)10(3)4/h7,10-11H,5-6,8-9H2,1-4H3. The molecule has 0 nitrogen and oxygen atoms in total. The minimum Gasteiger partial charge on any atom is -0.0651 e. The van der Waals surface area contributed by atoms with Gasteiger partial charge in [0.1, 0.15) is 0 Å². The Bertz CT molecular complexity index is 74.1. The number of unbranched alkanes of at least 4 members (excludes halogenated alkanes) is 2. The van der Waals surface area contributed by atoms with E-state index in [0.29, 0.717) is 0 Å². The first kappa shape index (κ1) is 11.0. The molecule has 0 aromatic rings. The smallest absolute Gasteiger partial charge is 0.0388 e. The van der Waals surface area contributed by atoms with Crippen LogP contribution < -0.4 is 0 Å². The van der Waals surface area contributed by atoms with E-state index in [0.717, 1.165) is 11.8 Å². The second kappa shape index (κ2) is 6.69. The van der Waals surface area contributed by atoms with E-state index >= 15 is 0 Å². The number of hydrogen-bond donors (Lipinski definition) is 0. The lowest BCUT2D eigenvalue weighted by Gasteiger charge is -2.18. The monoisotopic (exact) mass is 155 g/mol.